The summed E-state index contributed by atoms with van der Waals surface area (Å²) in [7, 11) is 1.29. The number of aryl methyl sites for hydroxylation is 1. The molecule has 0 saturated carbocycles. The van der Waals surface area contributed by atoms with Gasteiger partial charge in [0.25, 0.3) is 11.5 Å². The summed E-state index contributed by atoms with van der Waals surface area (Å²) >= 11 is 0. The van der Waals surface area contributed by atoms with Gasteiger partial charge in [0.2, 0.25) is 0 Å². The maximum absolute atomic E-state index is 13.7. The van der Waals surface area contributed by atoms with Crippen molar-refractivity contribution < 1.29 is 10.0 Å². The van der Waals surface area contributed by atoms with Crippen molar-refractivity contribution in [1.82, 2.24) is 34.6 Å². The molecule has 0 atom stereocenters. The van der Waals surface area contributed by atoms with Crippen molar-refractivity contribution in [3.63, 3.8) is 0 Å². The molecule has 0 fully saturated rings. The van der Waals surface area contributed by atoms with Gasteiger partial charge in [0, 0.05) is 31.3 Å². The van der Waals surface area contributed by atoms with E-state index in [1.165, 1.54) is 19.7 Å². The van der Waals surface area contributed by atoms with Gasteiger partial charge in [0.1, 0.15) is 17.7 Å². The maximum Gasteiger partial charge on any atom is 0.276 e. The fraction of sp³-hybridized carbons (Fsp3) is 0.161. The largest absolute Gasteiger partial charge is 0.382 e. The third-order valence-electron chi connectivity index (χ3n) is 6.69. The average molecular weight is 578 g/mol. The Morgan fingerprint density at radius 3 is 2.49 bits per heavy atom. The van der Waals surface area contributed by atoms with Gasteiger partial charge in [-0.25, -0.2) is 25.0 Å². The summed E-state index contributed by atoms with van der Waals surface area (Å²) in [6.45, 7) is 2.53. The molecule has 0 radical (unpaired) electrons. The van der Waals surface area contributed by atoms with Crippen molar-refractivity contribution in [2.45, 2.75) is 26.3 Å². The third kappa shape index (κ3) is 6.34. The van der Waals surface area contributed by atoms with Gasteiger partial charge >= 0.3 is 0 Å². The SMILES string of the molecule is CCCc1nc2cccc(NCc3ccc(C(=O)N(C)O)cc3)c2c(=O)n1-c1ccccc1.Nc1ncnc2nc[nH]c12. The third-order valence-corrected chi connectivity index (χ3v) is 6.69. The fourth-order valence-electron chi connectivity index (χ4n) is 4.59. The lowest BCUT2D eigenvalue weighted by Gasteiger charge is -2.16. The Balaban J connectivity index is 0.000000308. The number of hydrogen-bond donors (Lipinski definition) is 4. The van der Waals surface area contributed by atoms with Gasteiger partial charge in [0.05, 0.1) is 22.9 Å². The van der Waals surface area contributed by atoms with Crippen LogP contribution in [0.5, 0.6) is 0 Å². The quantitative estimate of drug-likeness (QED) is 0.159. The molecule has 0 unspecified atom stereocenters. The molecule has 6 aromatic rings. The van der Waals surface area contributed by atoms with E-state index in [1.54, 1.807) is 16.7 Å². The molecule has 3 heterocycles. The van der Waals surface area contributed by atoms with Gasteiger partial charge in [-0.3, -0.25) is 19.4 Å². The average Bonchev–Trinajstić information content (AvgIpc) is 3.51. The van der Waals surface area contributed by atoms with Gasteiger partial charge in [0.15, 0.2) is 11.5 Å². The van der Waals surface area contributed by atoms with Crippen LogP contribution in [-0.2, 0) is 13.0 Å². The smallest absolute Gasteiger partial charge is 0.276 e. The highest BCUT2D eigenvalue weighted by molar-refractivity contribution is 5.93. The van der Waals surface area contributed by atoms with E-state index in [0.717, 1.165) is 23.5 Å². The number of aromatic nitrogens is 6. The molecule has 0 aliphatic carbocycles. The Bertz CT molecular complexity index is 1920. The monoisotopic (exact) mass is 577 g/mol. The van der Waals surface area contributed by atoms with Crippen molar-refractivity contribution in [3.05, 3.63) is 113 Å². The number of nitrogens with zero attached hydrogens (tertiary/aromatic N) is 6. The number of fused-ring (bicyclic) bond motifs is 2. The number of hydrogen-bond acceptors (Lipinski definition) is 9. The van der Waals surface area contributed by atoms with E-state index in [0.29, 0.717) is 57.2 Å². The molecule has 12 nitrogen and oxygen atoms in total. The van der Waals surface area contributed by atoms with Gasteiger partial charge in [-0.2, -0.15) is 0 Å². The van der Waals surface area contributed by atoms with Crippen LogP contribution >= 0.6 is 0 Å². The number of rotatable bonds is 7. The number of benzene rings is 3. The first-order valence-electron chi connectivity index (χ1n) is 13.7. The minimum atomic E-state index is -0.473. The minimum absolute atomic E-state index is 0.107. The molecule has 5 N–H and O–H groups in total. The number of nitrogens with one attached hydrogen (secondary N) is 2. The van der Waals surface area contributed by atoms with E-state index in [1.807, 2.05) is 60.7 Å². The number of nitrogen functional groups attached to an aromatic ring is 1. The number of aromatic amines is 1. The molecule has 12 heteroatoms. The second-order valence-electron chi connectivity index (χ2n) is 9.69. The topological polar surface area (TPSA) is 168 Å². The Morgan fingerprint density at radius 1 is 1.02 bits per heavy atom. The molecular formula is C31H31N9O3. The number of imidazole rings is 1. The van der Waals surface area contributed by atoms with Crippen LogP contribution in [0, 0.1) is 0 Å². The number of hydroxylamine groups is 2. The van der Waals surface area contributed by atoms with E-state index in [-0.39, 0.29) is 5.56 Å². The van der Waals surface area contributed by atoms with Crippen LogP contribution in [0.4, 0.5) is 11.5 Å². The lowest BCUT2D eigenvalue weighted by Crippen LogP contribution is -2.24. The Kier molecular flexibility index (Phi) is 8.68. The standard InChI is InChI=1S/C26H26N4O3.C5H5N5/c1-3-8-23-28-22-12-7-11-21(24(22)26(32)30(23)20-9-5-4-6-10-20)27-17-18-13-15-19(16-14-18)25(31)29(2)33;6-4-3-5(9-1-7-3)10-2-8-4/h4-7,9-16,27,33H,3,8,17H2,1-2H3;1-2H,(H3,6,7,8,9,10). The van der Waals surface area contributed by atoms with Crippen LogP contribution in [0.25, 0.3) is 27.8 Å². The Morgan fingerprint density at radius 2 is 1.79 bits per heavy atom. The van der Waals surface area contributed by atoms with Crippen molar-refractivity contribution in [1.29, 1.82) is 0 Å². The number of nitrogens with two attached hydrogens (primary N) is 1. The van der Waals surface area contributed by atoms with Crippen LogP contribution < -0.4 is 16.6 Å². The number of carbonyl (C=O) groups is 1. The summed E-state index contributed by atoms with van der Waals surface area (Å²) in [4.78, 5) is 44.7. The molecule has 218 valence electrons. The van der Waals surface area contributed by atoms with Gasteiger partial charge in [-0.05, 0) is 48.4 Å². The predicted octanol–water partition coefficient (Wildman–Crippen LogP) is 4.35. The van der Waals surface area contributed by atoms with E-state index in [2.05, 4.69) is 32.2 Å². The Labute approximate surface area is 246 Å². The molecular weight excluding hydrogens is 546 g/mol. The Hall–Kier alpha value is -5.62. The van der Waals surface area contributed by atoms with Crippen LogP contribution in [0.3, 0.4) is 0 Å². The zero-order valence-electron chi connectivity index (χ0n) is 23.7. The maximum atomic E-state index is 13.7. The zero-order chi connectivity index (χ0) is 30.3. The van der Waals surface area contributed by atoms with E-state index in [9.17, 15) is 14.8 Å². The fourth-order valence-corrected chi connectivity index (χ4v) is 4.59. The van der Waals surface area contributed by atoms with E-state index in [4.69, 9.17) is 10.7 Å². The summed E-state index contributed by atoms with van der Waals surface area (Å²) < 4.78 is 1.70. The highest BCUT2D eigenvalue weighted by Gasteiger charge is 2.15. The lowest BCUT2D eigenvalue weighted by molar-refractivity contribution is -0.0374. The second-order valence-corrected chi connectivity index (χ2v) is 9.69. The first kappa shape index (κ1) is 28.9. The lowest BCUT2D eigenvalue weighted by atomic mass is 10.1. The number of amides is 1. The number of H-pyrrole nitrogens is 1. The minimum Gasteiger partial charge on any atom is -0.382 e. The van der Waals surface area contributed by atoms with Crippen LogP contribution in [0.15, 0.2) is 90.2 Å². The van der Waals surface area contributed by atoms with Crippen LogP contribution in [0.1, 0.15) is 35.1 Å². The summed E-state index contributed by atoms with van der Waals surface area (Å²) in [5.41, 5.74) is 10.2. The van der Waals surface area contributed by atoms with Gasteiger partial charge < -0.3 is 16.0 Å². The normalized spacial score (nSPS) is 10.8. The zero-order valence-corrected chi connectivity index (χ0v) is 23.7. The van der Waals surface area contributed by atoms with Crippen molar-refractivity contribution in [3.8, 4) is 5.69 Å². The first-order valence-corrected chi connectivity index (χ1v) is 13.7. The second kappa shape index (κ2) is 12.9. The van der Waals surface area contributed by atoms with Crippen molar-refractivity contribution in [2.24, 2.45) is 0 Å². The molecule has 3 aromatic carbocycles. The summed E-state index contributed by atoms with van der Waals surface area (Å²) in [5, 5.41) is 13.8. The number of para-hydroxylation sites is 1. The van der Waals surface area contributed by atoms with Crippen molar-refractivity contribution in [2.75, 3.05) is 18.1 Å². The summed E-state index contributed by atoms with van der Waals surface area (Å²) in [5.74, 6) is 0.703. The van der Waals surface area contributed by atoms with Crippen LogP contribution in [0.2, 0.25) is 0 Å². The summed E-state index contributed by atoms with van der Waals surface area (Å²) in [6.07, 6.45) is 4.51. The number of anilines is 2. The molecule has 0 aliphatic rings. The predicted molar refractivity (Wildman–Crippen MR) is 165 cm³/mol. The molecule has 43 heavy (non-hydrogen) atoms. The van der Waals surface area contributed by atoms with E-state index < -0.39 is 5.91 Å². The summed E-state index contributed by atoms with van der Waals surface area (Å²) in [6, 6.07) is 22.2. The highest BCUT2D eigenvalue weighted by atomic mass is 16.5. The molecule has 0 aliphatic heterocycles. The van der Waals surface area contributed by atoms with Crippen LogP contribution in [-0.4, -0.2) is 52.7 Å². The van der Waals surface area contributed by atoms with Crippen molar-refractivity contribution >= 4 is 39.5 Å². The number of carbonyl (C=O) groups excluding carboxylic acids is 1. The molecule has 1 amide bonds. The molecule has 3 aromatic heterocycles. The molecule has 0 spiro atoms. The molecule has 0 saturated heterocycles. The first-order chi connectivity index (χ1) is 20.9. The molecule has 6 rings (SSSR count). The van der Waals surface area contributed by atoms with Gasteiger partial charge in [-0.15, -0.1) is 0 Å². The molecule has 0 bridgehead atoms. The highest BCUT2D eigenvalue weighted by Crippen LogP contribution is 2.22. The van der Waals surface area contributed by atoms with Gasteiger partial charge in [-0.1, -0.05) is 43.3 Å². The van der Waals surface area contributed by atoms with E-state index >= 15 is 0 Å².